The summed E-state index contributed by atoms with van der Waals surface area (Å²) in [5.41, 5.74) is 0.0322. The van der Waals surface area contributed by atoms with E-state index in [0.29, 0.717) is 6.54 Å². The summed E-state index contributed by atoms with van der Waals surface area (Å²) in [6.45, 7) is 5.44. The van der Waals surface area contributed by atoms with Gasteiger partial charge in [0, 0.05) is 21.5 Å². The van der Waals surface area contributed by atoms with Crippen LogP contribution in [0.15, 0.2) is 41.2 Å². The van der Waals surface area contributed by atoms with E-state index in [1.807, 2.05) is 36.4 Å². The second kappa shape index (κ2) is 3.68. The predicted molar refractivity (Wildman–Crippen MR) is 76.2 cm³/mol. The zero-order chi connectivity index (χ0) is 13.0. The predicted octanol–water partition coefficient (Wildman–Crippen LogP) is 1.68. The van der Waals surface area contributed by atoms with Gasteiger partial charge in [0.2, 0.25) is 0 Å². The van der Waals surface area contributed by atoms with Crippen molar-refractivity contribution >= 4 is 28.1 Å². The molecule has 0 spiro atoms. The summed E-state index contributed by atoms with van der Waals surface area (Å²) in [6.07, 6.45) is 0.171. The molecule has 0 N–H and O–H groups in total. The number of benzene rings is 2. The monoisotopic (exact) mass is 251 g/mol. The lowest BCUT2D eigenvalue weighted by atomic mass is 10.0. The average molecular weight is 251 g/mol. The molecule has 1 saturated heterocycles. The summed E-state index contributed by atoms with van der Waals surface area (Å²) in [5, 5.41) is 4.71. The zero-order valence-electron chi connectivity index (χ0n) is 10.4. The molecule has 94 valence electrons. The van der Waals surface area contributed by atoms with E-state index in [4.69, 9.17) is 4.74 Å². The third-order valence-electron chi connectivity index (χ3n) is 3.81. The highest BCUT2D eigenvalue weighted by atomic mass is 16.6. The molecule has 1 aliphatic rings. The Kier molecular flexibility index (Phi) is 2.09. The largest absolute Gasteiger partial charge is 0.371 e. The van der Waals surface area contributed by atoms with Crippen LogP contribution in [0.3, 0.4) is 0 Å². The molecule has 3 aromatic rings. The Balaban J connectivity index is 2.20. The Morgan fingerprint density at radius 2 is 1.89 bits per heavy atom. The topological polar surface area (TPSA) is 34.5 Å². The molecule has 2 aromatic carbocycles. The summed E-state index contributed by atoms with van der Waals surface area (Å²) >= 11 is 0. The highest BCUT2D eigenvalue weighted by molar-refractivity contribution is 6.09. The molecule has 3 nitrogen and oxygen atoms in total. The number of pyridine rings is 1. The highest BCUT2D eigenvalue weighted by Crippen LogP contribution is 2.22. The SMILES string of the molecule is C=c1c2cccc3cccc(c(=O)n1CC1CO1)c32. The molecule has 0 amide bonds. The van der Waals surface area contributed by atoms with Crippen molar-refractivity contribution in [1.29, 1.82) is 0 Å². The van der Waals surface area contributed by atoms with Gasteiger partial charge in [0.25, 0.3) is 5.56 Å². The van der Waals surface area contributed by atoms with Crippen molar-refractivity contribution < 1.29 is 4.74 Å². The first kappa shape index (κ1) is 10.8. The van der Waals surface area contributed by atoms with Crippen LogP contribution in [0, 0.1) is 0 Å². The second-order valence-electron chi connectivity index (χ2n) is 5.03. The summed E-state index contributed by atoms with van der Waals surface area (Å²) < 4.78 is 6.98. The minimum absolute atomic E-state index is 0.0322. The number of hydrogen-bond donors (Lipinski definition) is 0. The first-order chi connectivity index (χ1) is 9.25. The van der Waals surface area contributed by atoms with E-state index in [1.54, 1.807) is 4.57 Å². The number of epoxide rings is 1. The molecule has 3 heteroatoms. The van der Waals surface area contributed by atoms with Gasteiger partial charge in [-0.2, -0.15) is 0 Å². The molecular weight excluding hydrogens is 238 g/mol. The molecule has 4 rings (SSSR count). The minimum Gasteiger partial charge on any atom is -0.371 e. The first-order valence-corrected chi connectivity index (χ1v) is 6.40. The van der Waals surface area contributed by atoms with Crippen molar-refractivity contribution in [2.75, 3.05) is 6.61 Å². The lowest BCUT2D eigenvalue weighted by molar-refractivity contribution is 0.379. The van der Waals surface area contributed by atoms with E-state index in [1.165, 1.54) is 0 Å². The van der Waals surface area contributed by atoms with Crippen LogP contribution in [-0.2, 0) is 11.3 Å². The highest BCUT2D eigenvalue weighted by Gasteiger charge is 2.24. The summed E-state index contributed by atoms with van der Waals surface area (Å²) in [7, 11) is 0. The van der Waals surface area contributed by atoms with E-state index in [0.717, 1.165) is 33.5 Å². The van der Waals surface area contributed by atoms with Gasteiger partial charge in [0.1, 0.15) is 0 Å². The first-order valence-electron chi connectivity index (χ1n) is 6.40. The van der Waals surface area contributed by atoms with Gasteiger partial charge >= 0.3 is 0 Å². The molecule has 2 heterocycles. The van der Waals surface area contributed by atoms with Crippen LogP contribution >= 0.6 is 0 Å². The number of ether oxygens (including phenoxy) is 1. The van der Waals surface area contributed by atoms with Crippen LogP contribution in [0.4, 0.5) is 0 Å². The number of hydrogen-bond acceptors (Lipinski definition) is 2. The third-order valence-corrected chi connectivity index (χ3v) is 3.81. The Labute approximate surface area is 109 Å². The molecule has 19 heavy (non-hydrogen) atoms. The van der Waals surface area contributed by atoms with Gasteiger partial charge in [-0.15, -0.1) is 0 Å². The van der Waals surface area contributed by atoms with E-state index >= 15 is 0 Å². The fourth-order valence-corrected chi connectivity index (χ4v) is 2.74. The van der Waals surface area contributed by atoms with Crippen molar-refractivity contribution in [3.05, 3.63) is 52.1 Å². The quantitative estimate of drug-likeness (QED) is 0.649. The molecule has 1 atom stereocenters. The fourth-order valence-electron chi connectivity index (χ4n) is 2.74. The summed E-state index contributed by atoms with van der Waals surface area (Å²) in [5.74, 6) is 0. The Morgan fingerprint density at radius 3 is 2.58 bits per heavy atom. The Hall–Kier alpha value is -2.13. The van der Waals surface area contributed by atoms with Crippen molar-refractivity contribution in [2.45, 2.75) is 12.6 Å². The summed E-state index contributed by atoms with van der Waals surface area (Å²) in [4.78, 5) is 12.6. The van der Waals surface area contributed by atoms with Gasteiger partial charge in [-0.3, -0.25) is 4.79 Å². The average Bonchev–Trinajstić information content (AvgIpc) is 3.25. The van der Waals surface area contributed by atoms with E-state index in [2.05, 4.69) is 6.58 Å². The van der Waals surface area contributed by atoms with Gasteiger partial charge in [-0.1, -0.05) is 36.9 Å². The summed E-state index contributed by atoms with van der Waals surface area (Å²) in [6, 6.07) is 11.9. The van der Waals surface area contributed by atoms with Crippen LogP contribution in [0.5, 0.6) is 0 Å². The van der Waals surface area contributed by atoms with Crippen molar-refractivity contribution in [3.63, 3.8) is 0 Å². The molecule has 0 aliphatic carbocycles. The maximum atomic E-state index is 12.6. The normalized spacial score (nSPS) is 18.2. The van der Waals surface area contributed by atoms with E-state index < -0.39 is 0 Å². The molecule has 0 radical (unpaired) electrons. The number of aromatic nitrogens is 1. The number of rotatable bonds is 2. The third kappa shape index (κ3) is 1.52. The smallest absolute Gasteiger partial charge is 0.259 e. The standard InChI is InChI=1S/C16H13NO2/c1-10-13-6-2-4-11-5-3-7-14(15(11)13)16(18)17(10)8-12-9-19-12/h2-7,12H,1,8-9H2. The number of nitrogens with zero attached hydrogens (tertiary/aromatic N) is 1. The van der Waals surface area contributed by atoms with Crippen LogP contribution in [0.2, 0.25) is 0 Å². The maximum absolute atomic E-state index is 12.6. The van der Waals surface area contributed by atoms with Crippen LogP contribution in [0.25, 0.3) is 28.1 Å². The zero-order valence-corrected chi connectivity index (χ0v) is 10.4. The van der Waals surface area contributed by atoms with E-state index in [-0.39, 0.29) is 11.7 Å². The second-order valence-corrected chi connectivity index (χ2v) is 5.03. The van der Waals surface area contributed by atoms with Gasteiger partial charge in [-0.05, 0) is 11.5 Å². The Morgan fingerprint density at radius 1 is 1.21 bits per heavy atom. The van der Waals surface area contributed by atoms with Crippen molar-refractivity contribution in [1.82, 2.24) is 4.57 Å². The van der Waals surface area contributed by atoms with Crippen molar-refractivity contribution in [2.24, 2.45) is 0 Å². The molecule has 1 fully saturated rings. The molecule has 0 bridgehead atoms. The molecule has 1 aliphatic heterocycles. The molecular formula is C16H13NO2. The molecule has 1 unspecified atom stereocenters. The van der Waals surface area contributed by atoms with Gasteiger partial charge in [0.05, 0.1) is 19.3 Å². The van der Waals surface area contributed by atoms with Crippen LogP contribution in [-0.4, -0.2) is 17.3 Å². The van der Waals surface area contributed by atoms with E-state index in [9.17, 15) is 4.79 Å². The van der Waals surface area contributed by atoms with Crippen LogP contribution in [0.1, 0.15) is 0 Å². The van der Waals surface area contributed by atoms with Gasteiger partial charge < -0.3 is 9.30 Å². The fraction of sp³-hybridized carbons (Fsp3) is 0.188. The Bertz CT molecular complexity index is 828. The van der Waals surface area contributed by atoms with Gasteiger partial charge in [-0.25, -0.2) is 0 Å². The van der Waals surface area contributed by atoms with Crippen LogP contribution < -0.4 is 10.9 Å². The van der Waals surface area contributed by atoms with Crippen molar-refractivity contribution in [3.8, 4) is 0 Å². The lowest BCUT2D eigenvalue weighted by Gasteiger charge is -2.11. The molecule has 0 saturated carbocycles. The maximum Gasteiger partial charge on any atom is 0.259 e. The lowest BCUT2D eigenvalue weighted by Crippen LogP contribution is -2.34. The minimum atomic E-state index is 0.0322. The molecule has 1 aromatic heterocycles. The van der Waals surface area contributed by atoms with Gasteiger partial charge in [0.15, 0.2) is 0 Å².